The van der Waals surface area contributed by atoms with E-state index < -0.39 is 0 Å². The molecule has 3 heterocycles. The van der Waals surface area contributed by atoms with Crippen molar-refractivity contribution in [2.75, 3.05) is 6.54 Å². The van der Waals surface area contributed by atoms with Crippen molar-refractivity contribution in [3.63, 3.8) is 0 Å². The van der Waals surface area contributed by atoms with Crippen molar-refractivity contribution in [2.24, 2.45) is 0 Å². The third kappa shape index (κ3) is 1.96. The Labute approximate surface area is 101 Å². The lowest BCUT2D eigenvalue weighted by Crippen LogP contribution is -2.24. The molecule has 1 aliphatic heterocycles. The topological polar surface area (TPSA) is 42.7 Å². The van der Waals surface area contributed by atoms with E-state index in [2.05, 4.69) is 34.6 Å². The van der Waals surface area contributed by atoms with E-state index in [0.717, 1.165) is 37.2 Å². The standard InChI is InChI=1S/C13H16N4/c1-2-17-9-12(8-16-17)10-5-11-6-14-4-3-13(11)15-7-10/h5,7-9,14H,2-4,6H2,1H3. The number of nitrogens with zero attached hydrogens (tertiary/aromatic N) is 3. The van der Waals surface area contributed by atoms with Gasteiger partial charge in [0.25, 0.3) is 0 Å². The number of aryl methyl sites for hydroxylation is 1. The molecule has 0 atom stereocenters. The Bertz CT molecular complexity index is 530. The zero-order valence-electron chi connectivity index (χ0n) is 9.98. The Hall–Kier alpha value is -1.68. The van der Waals surface area contributed by atoms with Crippen molar-refractivity contribution in [1.82, 2.24) is 20.1 Å². The molecule has 0 unspecified atom stereocenters. The number of nitrogens with one attached hydrogen (secondary N) is 1. The summed E-state index contributed by atoms with van der Waals surface area (Å²) in [6.45, 7) is 4.96. The number of hydrogen-bond donors (Lipinski definition) is 1. The predicted octanol–water partition coefficient (Wildman–Crippen LogP) is 1.61. The second kappa shape index (κ2) is 4.30. The highest BCUT2D eigenvalue weighted by Gasteiger charge is 2.11. The Morgan fingerprint density at radius 1 is 1.35 bits per heavy atom. The summed E-state index contributed by atoms with van der Waals surface area (Å²) in [6, 6.07) is 2.23. The number of fused-ring (bicyclic) bond motifs is 1. The van der Waals surface area contributed by atoms with Gasteiger partial charge in [-0.2, -0.15) is 5.10 Å². The molecular weight excluding hydrogens is 212 g/mol. The molecule has 88 valence electrons. The van der Waals surface area contributed by atoms with Crippen LogP contribution in [0, 0.1) is 0 Å². The van der Waals surface area contributed by atoms with Crippen LogP contribution < -0.4 is 5.32 Å². The van der Waals surface area contributed by atoms with Gasteiger partial charge in [0.1, 0.15) is 0 Å². The summed E-state index contributed by atoms with van der Waals surface area (Å²) in [7, 11) is 0. The van der Waals surface area contributed by atoms with Crippen LogP contribution in [0.5, 0.6) is 0 Å². The Morgan fingerprint density at radius 3 is 3.12 bits per heavy atom. The van der Waals surface area contributed by atoms with Crippen LogP contribution in [0.1, 0.15) is 18.2 Å². The molecule has 17 heavy (non-hydrogen) atoms. The van der Waals surface area contributed by atoms with Gasteiger partial charge in [0.15, 0.2) is 0 Å². The van der Waals surface area contributed by atoms with Gasteiger partial charge in [-0.25, -0.2) is 0 Å². The van der Waals surface area contributed by atoms with E-state index in [1.807, 2.05) is 17.1 Å². The first-order valence-corrected chi connectivity index (χ1v) is 6.08. The molecule has 0 fully saturated rings. The van der Waals surface area contributed by atoms with Crippen LogP contribution in [0.2, 0.25) is 0 Å². The molecule has 0 saturated heterocycles. The van der Waals surface area contributed by atoms with Crippen molar-refractivity contribution >= 4 is 0 Å². The zero-order valence-corrected chi connectivity index (χ0v) is 9.98. The minimum atomic E-state index is 0.903. The maximum atomic E-state index is 4.55. The quantitative estimate of drug-likeness (QED) is 0.849. The maximum Gasteiger partial charge on any atom is 0.0568 e. The zero-order chi connectivity index (χ0) is 11.7. The van der Waals surface area contributed by atoms with Crippen LogP contribution in [-0.2, 0) is 19.5 Å². The third-order valence-corrected chi connectivity index (χ3v) is 3.20. The predicted molar refractivity (Wildman–Crippen MR) is 66.5 cm³/mol. The van der Waals surface area contributed by atoms with Crippen molar-refractivity contribution in [3.8, 4) is 11.1 Å². The Balaban J connectivity index is 1.97. The average molecular weight is 228 g/mol. The lowest BCUT2D eigenvalue weighted by molar-refractivity contribution is 0.630. The molecule has 0 saturated carbocycles. The lowest BCUT2D eigenvalue weighted by atomic mass is 10.0. The molecule has 0 radical (unpaired) electrons. The number of hydrogen-bond acceptors (Lipinski definition) is 3. The van der Waals surface area contributed by atoms with Crippen LogP contribution in [0.4, 0.5) is 0 Å². The van der Waals surface area contributed by atoms with Gasteiger partial charge in [0, 0.05) is 55.3 Å². The lowest BCUT2D eigenvalue weighted by Gasteiger charge is -2.16. The highest BCUT2D eigenvalue weighted by molar-refractivity contribution is 5.61. The maximum absolute atomic E-state index is 4.55. The SMILES string of the molecule is CCn1cc(-c2cnc3c(c2)CNCC3)cn1. The van der Waals surface area contributed by atoms with Crippen molar-refractivity contribution in [3.05, 3.63) is 35.9 Å². The molecule has 0 aliphatic carbocycles. The van der Waals surface area contributed by atoms with Crippen molar-refractivity contribution in [1.29, 1.82) is 0 Å². The summed E-state index contributed by atoms with van der Waals surface area (Å²) in [5, 5.41) is 7.67. The molecule has 0 amide bonds. The average Bonchev–Trinajstić information content (AvgIpc) is 2.87. The van der Waals surface area contributed by atoms with E-state index in [1.54, 1.807) is 0 Å². The van der Waals surface area contributed by atoms with Gasteiger partial charge in [0.2, 0.25) is 0 Å². The fraction of sp³-hybridized carbons (Fsp3) is 0.385. The second-order valence-corrected chi connectivity index (χ2v) is 4.34. The van der Waals surface area contributed by atoms with E-state index in [1.165, 1.54) is 11.3 Å². The fourth-order valence-electron chi connectivity index (χ4n) is 2.19. The minimum absolute atomic E-state index is 0.903. The number of aromatic nitrogens is 3. The smallest absolute Gasteiger partial charge is 0.0568 e. The summed E-state index contributed by atoms with van der Waals surface area (Å²) >= 11 is 0. The molecule has 2 aromatic rings. The molecule has 0 bridgehead atoms. The van der Waals surface area contributed by atoms with Gasteiger partial charge in [-0.3, -0.25) is 9.67 Å². The normalized spacial score (nSPS) is 14.6. The second-order valence-electron chi connectivity index (χ2n) is 4.34. The fourth-order valence-corrected chi connectivity index (χ4v) is 2.19. The van der Waals surface area contributed by atoms with E-state index in [4.69, 9.17) is 0 Å². The molecular formula is C13H16N4. The minimum Gasteiger partial charge on any atom is -0.312 e. The Kier molecular flexibility index (Phi) is 2.65. The molecule has 4 nitrogen and oxygen atoms in total. The monoisotopic (exact) mass is 228 g/mol. The number of pyridine rings is 1. The molecule has 4 heteroatoms. The summed E-state index contributed by atoms with van der Waals surface area (Å²) in [4.78, 5) is 4.55. The molecule has 0 aromatic carbocycles. The summed E-state index contributed by atoms with van der Waals surface area (Å²) in [6.07, 6.45) is 6.97. The summed E-state index contributed by atoms with van der Waals surface area (Å²) < 4.78 is 1.94. The van der Waals surface area contributed by atoms with Crippen LogP contribution >= 0.6 is 0 Å². The third-order valence-electron chi connectivity index (χ3n) is 3.20. The van der Waals surface area contributed by atoms with Crippen LogP contribution in [0.3, 0.4) is 0 Å². The Morgan fingerprint density at radius 2 is 2.29 bits per heavy atom. The van der Waals surface area contributed by atoms with E-state index >= 15 is 0 Å². The summed E-state index contributed by atoms with van der Waals surface area (Å²) in [5.74, 6) is 0. The van der Waals surface area contributed by atoms with Crippen molar-refractivity contribution < 1.29 is 0 Å². The largest absolute Gasteiger partial charge is 0.312 e. The first-order chi connectivity index (χ1) is 8.36. The van der Waals surface area contributed by atoms with Crippen LogP contribution in [0.15, 0.2) is 24.7 Å². The first-order valence-electron chi connectivity index (χ1n) is 6.08. The van der Waals surface area contributed by atoms with Gasteiger partial charge >= 0.3 is 0 Å². The summed E-state index contributed by atoms with van der Waals surface area (Å²) in [5.41, 5.74) is 4.85. The van der Waals surface area contributed by atoms with E-state index in [0.29, 0.717) is 0 Å². The molecule has 1 aliphatic rings. The van der Waals surface area contributed by atoms with Crippen LogP contribution in [0.25, 0.3) is 11.1 Å². The first kappa shape index (κ1) is 10.5. The van der Waals surface area contributed by atoms with Gasteiger partial charge in [-0.1, -0.05) is 0 Å². The molecule has 2 aromatic heterocycles. The van der Waals surface area contributed by atoms with Crippen molar-refractivity contribution in [2.45, 2.75) is 26.4 Å². The molecule has 1 N–H and O–H groups in total. The van der Waals surface area contributed by atoms with E-state index in [9.17, 15) is 0 Å². The molecule has 0 spiro atoms. The van der Waals surface area contributed by atoms with Gasteiger partial charge in [0.05, 0.1) is 6.20 Å². The van der Waals surface area contributed by atoms with Crippen LogP contribution in [-0.4, -0.2) is 21.3 Å². The van der Waals surface area contributed by atoms with Gasteiger partial charge in [-0.15, -0.1) is 0 Å². The highest BCUT2D eigenvalue weighted by atomic mass is 15.3. The number of rotatable bonds is 2. The van der Waals surface area contributed by atoms with E-state index in [-0.39, 0.29) is 0 Å². The van der Waals surface area contributed by atoms with Gasteiger partial charge < -0.3 is 5.32 Å². The molecule has 3 rings (SSSR count). The van der Waals surface area contributed by atoms with Gasteiger partial charge in [-0.05, 0) is 18.6 Å². The highest BCUT2D eigenvalue weighted by Crippen LogP contribution is 2.21.